The van der Waals surface area contributed by atoms with Crippen LogP contribution in [0.4, 0.5) is 4.39 Å². The highest BCUT2D eigenvalue weighted by atomic mass is 19.1. The molecule has 90 valence electrons. The highest BCUT2D eigenvalue weighted by molar-refractivity contribution is 5.72. The quantitative estimate of drug-likeness (QED) is 0.640. The SMILES string of the molecule is COc1cc(F)cc(C#CCCNC(C)=O)c1. The summed E-state index contributed by atoms with van der Waals surface area (Å²) in [4.78, 5) is 10.6. The van der Waals surface area contributed by atoms with Crippen LogP contribution >= 0.6 is 0 Å². The van der Waals surface area contributed by atoms with Gasteiger partial charge in [-0.15, -0.1) is 0 Å². The number of amides is 1. The number of rotatable bonds is 3. The first kappa shape index (κ1) is 13.0. The Balaban J connectivity index is 2.59. The number of hydrogen-bond donors (Lipinski definition) is 1. The first-order valence-electron chi connectivity index (χ1n) is 5.19. The van der Waals surface area contributed by atoms with E-state index in [1.807, 2.05) is 0 Å². The lowest BCUT2D eigenvalue weighted by Gasteiger charge is -2.00. The Hall–Kier alpha value is -2.02. The molecule has 0 unspecified atom stereocenters. The standard InChI is InChI=1S/C13H14FNO2/c1-10(16)15-6-4-3-5-11-7-12(14)9-13(8-11)17-2/h7-9H,4,6H2,1-2H3,(H,15,16). The van der Waals surface area contributed by atoms with Gasteiger partial charge in [-0.25, -0.2) is 4.39 Å². The van der Waals surface area contributed by atoms with Gasteiger partial charge in [0.1, 0.15) is 11.6 Å². The normalized spacial score (nSPS) is 9.12. The van der Waals surface area contributed by atoms with Gasteiger partial charge in [0.25, 0.3) is 0 Å². The van der Waals surface area contributed by atoms with Gasteiger partial charge in [0.05, 0.1) is 7.11 Å². The minimum Gasteiger partial charge on any atom is -0.497 e. The van der Waals surface area contributed by atoms with Gasteiger partial charge in [0.15, 0.2) is 0 Å². The van der Waals surface area contributed by atoms with E-state index in [0.29, 0.717) is 24.3 Å². The number of ether oxygens (including phenoxy) is 1. The summed E-state index contributed by atoms with van der Waals surface area (Å²) in [5.74, 6) is 5.64. The summed E-state index contributed by atoms with van der Waals surface area (Å²) in [6.07, 6.45) is 0.526. The summed E-state index contributed by atoms with van der Waals surface area (Å²) in [7, 11) is 1.47. The van der Waals surface area contributed by atoms with Crippen molar-refractivity contribution in [2.24, 2.45) is 0 Å². The van der Waals surface area contributed by atoms with E-state index in [0.717, 1.165) is 0 Å². The van der Waals surface area contributed by atoms with E-state index < -0.39 is 0 Å². The van der Waals surface area contributed by atoms with Crippen molar-refractivity contribution >= 4 is 5.91 Å². The molecule has 1 aromatic carbocycles. The number of nitrogens with one attached hydrogen (secondary N) is 1. The fraction of sp³-hybridized carbons (Fsp3) is 0.308. The summed E-state index contributed by atoms with van der Waals surface area (Å²) in [5, 5.41) is 2.63. The van der Waals surface area contributed by atoms with E-state index in [-0.39, 0.29) is 11.7 Å². The second kappa shape index (κ2) is 6.54. The number of benzene rings is 1. The van der Waals surface area contributed by atoms with Crippen LogP contribution in [0.2, 0.25) is 0 Å². The molecule has 4 heteroatoms. The zero-order valence-corrected chi connectivity index (χ0v) is 9.84. The Labute approximate surface area is 100.0 Å². The molecule has 0 atom stereocenters. The molecule has 0 heterocycles. The molecule has 1 aromatic rings. The molecular weight excluding hydrogens is 221 g/mol. The van der Waals surface area contributed by atoms with Gasteiger partial charge in [-0.05, 0) is 12.1 Å². The van der Waals surface area contributed by atoms with Crippen LogP contribution in [0.5, 0.6) is 5.75 Å². The zero-order chi connectivity index (χ0) is 12.7. The number of methoxy groups -OCH3 is 1. The third-order valence-electron chi connectivity index (χ3n) is 1.96. The fourth-order valence-electron chi connectivity index (χ4n) is 1.22. The van der Waals surface area contributed by atoms with E-state index >= 15 is 0 Å². The van der Waals surface area contributed by atoms with Crippen LogP contribution in [0.1, 0.15) is 18.9 Å². The lowest BCUT2D eigenvalue weighted by Crippen LogP contribution is -2.20. The van der Waals surface area contributed by atoms with E-state index in [4.69, 9.17) is 4.74 Å². The average Bonchev–Trinajstić information content (AvgIpc) is 2.27. The van der Waals surface area contributed by atoms with E-state index in [1.165, 1.54) is 26.2 Å². The highest BCUT2D eigenvalue weighted by Crippen LogP contribution is 2.14. The van der Waals surface area contributed by atoms with Crippen LogP contribution in [-0.4, -0.2) is 19.6 Å². The van der Waals surface area contributed by atoms with Gasteiger partial charge in [-0.2, -0.15) is 0 Å². The van der Waals surface area contributed by atoms with Crippen molar-refractivity contribution in [3.8, 4) is 17.6 Å². The molecule has 0 saturated carbocycles. The van der Waals surface area contributed by atoms with Crippen molar-refractivity contribution in [3.05, 3.63) is 29.6 Å². The molecule has 0 aliphatic carbocycles. The Morgan fingerprint density at radius 2 is 2.24 bits per heavy atom. The van der Waals surface area contributed by atoms with Crippen LogP contribution in [0.3, 0.4) is 0 Å². The van der Waals surface area contributed by atoms with E-state index in [9.17, 15) is 9.18 Å². The van der Waals surface area contributed by atoms with Crippen LogP contribution < -0.4 is 10.1 Å². The summed E-state index contributed by atoms with van der Waals surface area (Å²) < 4.78 is 18.0. The molecule has 0 spiro atoms. The van der Waals surface area contributed by atoms with Crippen LogP contribution in [0.25, 0.3) is 0 Å². The van der Waals surface area contributed by atoms with E-state index in [2.05, 4.69) is 17.2 Å². The van der Waals surface area contributed by atoms with Crippen molar-refractivity contribution in [2.75, 3.05) is 13.7 Å². The third-order valence-corrected chi connectivity index (χ3v) is 1.96. The lowest BCUT2D eigenvalue weighted by molar-refractivity contribution is -0.118. The largest absolute Gasteiger partial charge is 0.497 e. The second-order valence-electron chi connectivity index (χ2n) is 3.41. The predicted molar refractivity (Wildman–Crippen MR) is 63.1 cm³/mol. The molecule has 17 heavy (non-hydrogen) atoms. The number of carbonyl (C=O) groups is 1. The molecule has 0 radical (unpaired) electrons. The molecule has 0 aromatic heterocycles. The molecule has 1 rings (SSSR count). The van der Waals surface area contributed by atoms with Crippen LogP contribution in [-0.2, 0) is 4.79 Å². The Morgan fingerprint density at radius 3 is 2.88 bits per heavy atom. The Bertz CT molecular complexity index is 460. The number of carbonyl (C=O) groups excluding carboxylic acids is 1. The van der Waals surface area contributed by atoms with Gasteiger partial charge >= 0.3 is 0 Å². The van der Waals surface area contributed by atoms with Gasteiger partial charge in [-0.3, -0.25) is 4.79 Å². The lowest BCUT2D eigenvalue weighted by atomic mass is 10.2. The van der Waals surface area contributed by atoms with Crippen molar-refractivity contribution in [1.29, 1.82) is 0 Å². The van der Waals surface area contributed by atoms with Crippen molar-refractivity contribution in [3.63, 3.8) is 0 Å². The maximum atomic E-state index is 13.1. The Kier molecular flexibility index (Phi) is 5.02. The first-order valence-corrected chi connectivity index (χ1v) is 5.19. The van der Waals surface area contributed by atoms with Gasteiger partial charge in [0, 0.05) is 31.5 Å². The molecule has 1 amide bonds. The van der Waals surface area contributed by atoms with Crippen molar-refractivity contribution in [2.45, 2.75) is 13.3 Å². The summed E-state index contributed by atoms with van der Waals surface area (Å²) in [6.45, 7) is 1.94. The summed E-state index contributed by atoms with van der Waals surface area (Å²) in [5.41, 5.74) is 0.560. The Morgan fingerprint density at radius 1 is 1.47 bits per heavy atom. The maximum Gasteiger partial charge on any atom is 0.216 e. The number of halogens is 1. The fourth-order valence-corrected chi connectivity index (χ4v) is 1.22. The minimum absolute atomic E-state index is 0.0841. The number of hydrogen-bond acceptors (Lipinski definition) is 2. The van der Waals surface area contributed by atoms with Gasteiger partial charge in [0.2, 0.25) is 5.91 Å². The van der Waals surface area contributed by atoms with Gasteiger partial charge < -0.3 is 10.1 Å². The van der Waals surface area contributed by atoms with Crippen LogP contribution in [0, 0.1) is 17.7 Å². The molecule has 0 aliphatic heterocycles. The van der Waals surface area contributed by atoms with Crippen molar-refractivity contribution < 1.29 is 13.9 Å². The molecular formula is C13H14FNO2. The second-order valence-corrected chi connectivity index (χ2v) is 3.41. The van der Waals surface area contributed by atoms with Gasteiger partial charge in [-0.1, -0.05) is 11.8 Å². The molecule has 1 N–H and O–H groups in total. The highest BCUT2D eigenvalue weighted by Gasteiger charge is 1.98. The minimum atomic E-state index is -0.379. The molecule has 0 aliphatic rings. The molecule has 0 saturated heterocycles. The summed E-state index contributed by atoms with van der Waals surface area (Å²) >= 11 is 0. The van der Waals surface area contributed by atoms with E-state index in [1.54, 1.807) is 6.07 Å². The molecule has 3 nitrogen and oxygen atoms in total. The zero-order valence-electron chi connectivity index (χ0n) is 9.84. The third kappa shape index (κ3) is 5.03. The van der Waals surface area contributed by atoms with Crippen LogP contribution in [0.15, 0.2) is 18.2 Å². The predicted octanol–water partition coefficient (Wildman–Crippen LogP) is 1.71. The average molecular weight is 235 g/mol. The maximum absolute atomic E-state index is 13.1. The topological polar surface area (TPSA) is 38.3 Å². The molecule has 0 fully saturated rings. The summed E-state index contributed by atoms with van der Waals surface area (Å²) in [6, 6.07) is 4.30. The smallest absolute Gasteiger partial charge is 0.216 e. The van der Waals surface area contributed by atoms with Crippen molar-refractivity contribution in [1.82, 2.24) is 5.32 Å². The monoisotopic (exact) mass is 235 g/mol. The first-order chi connectivity index (χ1) is 8.11. The molecule has 0 bridgehead atoms.